The van der Waals surface area contributed by atoms with Gasteiger partial charge < -0.3 is 20.5 Å². The van der Waals surface area contributed by atoms with Gasteiger partial charge in [-0.15, -0.1) is 0 Å². The molecular formula is C21H18FN3O4. The number of carbonyl (C=O) groups is 2. The summed E-state index contributed by atoms with van der Waals surface area (Å²) in [6.45, 7) is 0.181. The van der Waals surface area contributed by atoms with Crippen LogP contribution < -0.4 is 15.4 Å². The first-order valence-corrected chi connectivity index (χ1v) is 8.69. The number of anilines is 1. The van der Waals surface area contributed by atoms with Crippen LogP contribution in [0.1, 0.15) is 21.5 Å². The van der Waals surface area contributed by atoms with E-state index in [1.165, 1.54) is 18.3 Å². The van der Waals surface area contributed by atoms with E-state index in [0.29, 0.717) is 17.0 Å². The van der Waals surface area contributed by atoms with Gasteiger partial charge in [-0.3, -0.25) is 9.78 Å². The lowest BCUT2D eigenvalue weighted by molar-refractivity contribution is 0.102. The third-order valence-corrected chi connectivity index (χ3v) is 3.96. The fraction of sp³-hybridized carbons (Fsp3) is 0.0952. The van der Waals surface area contributed by atoms with Gasteiger partial charge in [-0.2, -0.15) is 0 Å². The molecule has 148 valence electrons. The van der Waals surface area contributed by atoms with Crippen molar-refractivity contribution in [3.05, 3.63) is 89.5 Å². The molecule has 2 aromatic carbocycles. The van der Waals surface area contributed by atoms with Crippen molar-refractivity contribution in [2.24, 2.45) is 0 Å². The molecule has 0 saturated heterocycles. The van der Waals surface area contributed by atoms with Crippen molar-refractivity contribution in [3.8, 4) is 5.75 Å². The zero-order valence-electron chi connectivity index (χ0n) is 15.3. The molecule has 7 nitrogen and oxygen atoms in total. The summed E-state index contributed by atoms with van der Waals surface area (Å²) in [5.74, 6) is -0.459. The Labute approximate surface area is 166 Å². The van der Waals surface area contributed by atoms with Crippen molar-refractivity contribution in [1.82, 2.24) is 10.3 Å². The molecule has 1 heterocycles. The summed E-state index contributed by atoms with van der Waals surface area (Å²) in [5.41, 5.74) is 2.08. The van der Waals surface area contributed by atoms with Crippen LogP contribution in [0.2, 0.25) is 0 Å². The first kappa shape index (κ1) is 19.8. The van der Waals surface area contributed by atoms with Crippen molar-refractivity contribution >= 4 is 17.7 Å². The van der Waals surface area contributed by atoms with E-state index in [1.54, 1.807) is 48.7 Å². The minimum absolute atomic E-state index is 0.0424. The van der Waals surface area contributed by atoms with Gasteiger partial charge in [0.1, 0.15) is 18.2 Å². The van der Waals surface area contributed by atoms with Gasteiger partial charge in [-0.05, 0) is 47.5 Å². The van der Waals surface area contributed by atoms with Gasteiger partial charge in [0.2, 0.25) is 0 Å². The number of aromatic nitrogens is 1. The van der Waals surface area contributed by atoms with Gasteiger partial charge in [-0.1, -0.05) is 18.2 Å². The topological polar surface area (TPSA) is 101 Å². The van der Waals surface area contributed by atoms with Crippen LogP contribution in [-0.2, 0) is 13.2 Å². The van der Waals surface area contributed by atoms with Crippen LogP contribution in [0, 0.1) is 5.82 Å². The number of amides is 2. The van der Waals surface area contributed by atoms with E-state index in [-0.39, 0.29) is 24.5 Å². The molecule has 2 amide bonds. The van der Waals surface area contributed by atoms with E-state index in [4.69, 9.17) is 9.84 Å². The number of rotatable bonds is 7. The first-order chi connectivity index (χ1) is 14.0. The third kappa shape index (κ3) is 5.77. The van der Waals surface area contributed by atoms with Crippen molar-refractivity contribution in [2.75, 3.05) is 5.32 Å². The van der Waals surface area contributed by atoms with Gasteiger partial charge in [0.25, 0.3) is 5.91 Å². The number of carbonyl (C=O) groups excluding carboxylic acids is 1. The van der Waals surface area contributed by atoms with Gasteiger partial charge >= 0.3 is 6.09 Å². The lowest BCUT2D eigenvalue weighted by Gasteiger charge is -2.14. The molecule has 0 unspecified atom stereocenters. The highest BCUT2D eigenvalue weighted by atomic mass is 19.1. The number of hydrogen-bond donors (Lipinski definition) is 3. The lowest BCUT2D eigenvalue weighted by Crippen LogP contribution is -2.20. The molecule has 3 aromatic rings. The van der Waals surface area contributed by atoms with Gasteiger partial charge in [0.05, 0.1) is 17.4 Å². The van der Waals surface area contributed by atoms with Crippen molar-refractivity contribution in [1.29, 1.82) is 0 Å². The van der Waals surface area contributed by atoms with Gasteiger partial charge in [-0.25, -0.2) is 9.18 Å². The summed E-state index contributed by atoms with van der Waals surface area (Å²) in [6, 6.07) is 14.0. The van der Waals surface area contributed by atoms with Crippen LogP contribution in [-0.4, -0.2) is 22.1 Å². The normalized spacial score (nSPS) is 10.2. The predicted molar refractivity (Wildman–Crippen MR) is 104 cm³/mol. The molecule has 3 N–H and O–H groups in total. The number of ether oxygens (including phenoxy) is 1. The van der Waals surface area contributed by atoms with Crippen LogP contribution in [0.15, 0.2) is 67.0 Å². The zero-order valence-corrected chi connectivity index (χ0v) is 15.3. The maximum Gasteiger partial charge on any atom is 0.404 e. The highest BCUT2D eigenvalue weighted by Crippen LogP contribution is 2.23. The Kier molecular flexibility index (Phi) is 6.36. The highest BCUT2D eigenvalue weighted by Gasteiger charge is 2.15. The predicted octanol–water partition coefficient (Wildman–Crippen LogP) is 3.82. The SMILES string of the molecule is O=C(O)NCc1ccc(OCc2ccc(F)cc2)c(C(=O)Nc2cccnc2)c1. The summed E-state index contributed by atoms with van der Waals surface area (Å²) in [5, 5.41) is 13.8. The van der Waals surface area contributed by atoms with Crippen LogP contribution >= 0.6 is 0 Å². The number of pyridine rings is 1. The largest absolute Gasteiger partial charge is 0.488 e. The Morgan fingerprint density at radius 3 is 2.52 bits per heavy atom. The Hall–Kier alpha value is -3.94. The van der Waals surface area contributed by atoms with Crippen molar-refractivity contribution in [3.63, 3.8) is 0 Å². The number of nitrogens with zero attached hydrogens (tertiary/aromatic N) is 1. The molecule has 0 aliphatic carbocycles. The maximum atomic E-state index is 13.1. The second kappa shape index (κ2) is 9.32. The second-order valence-electron chi connectivity index (χ2n) is 6.10. The number of carboxylic acid groups (broad SMARTS) is 1. The zero-order chi connectivity index (χ0) is 20.6. The van der Waals surface area contributed by atoms with E-state index < -0.39 is 12.0 Å². The second-order valence-corrected chi connectivity index (χ2v) is 6.10. The smallest absolute Gasteiger partial charge is 0.404 e. The molecule has 8 heteroatoms. The summed E-state index contributed by atoms with van der Waals surface area (Å²) in [7, 11) is 0. The van der Waals surface area contributed by atoms with Crippen molar-refractivity contribution in [2.45, 2.75) is 13.2 Å². The molecule has 3 rings (SSSR count). The molecular weight excluding hydrogens is 377 g/mol. The van der Waals surface area contributed by atoms with E-state index in [9.17, 15) is 14.0 Å². The van der Waals surface area contributed by atoms with Crippen molar-refractivity contribution < 1.29 is 23.8 Å². The van der Waals surface area contributed by atoms with Gasteiger partial charge in [0, 0.05) is 12.7 Å². The van der Waals surface area contributed by atoms with Crippen LogP contribution in [0.3, 0.4) is 0 Å². The molecule has 0 atom stereocenters. The van der Waals surface area contributed by atoms with Crippen LogP contribution in [0.25, 0.3) is 0 Å². The molecule has 0 fully saturated rings. The molecule has 0 saturated carbocycles. The van der Waals surface area contributed by atoms with E-state index in [2.05, 4.69) is 15.6 Å². The highest BCUT2D eigenvalue weighted by molar-refractivity contribution is 6.06. The molecule has 0 spiro atoms. The number of benzene rings is 2. The van der Waals surface area contributed by atoms with E-state index in [1.807, 2.05) is 0 Å². The number of nitrogens with one attached hydrogen (secondary N) is 2. The number of halogens is 1. The Bertz CT molecular complexity index is 995. The molecule has 1 aromatic heterocycles. The average Bonchev–Trinajstić information content (AvgIpc) is 2.73. The molecule has 0 aliphatic heterocycles. The Balaban J connectivity index is 1.81. The summed E-state index contributed by atoms with van der Waals surface area (Å²) in [4.78, 5) is 27.5. The summed E-state index contributed by atoms with van der Waals surface area (Å²) in [6.07, 6.45) is 1.93. The van der Waals surface area contributed by atoms with Crippen LogP contribution in [0.4, 0.5) is 14.9 Å². The fourth-order valence-corrected chi connectivity index (χ4v) is 2.54. The molecule has 0 bridgehead atoms. The summed E-state index contributed by atoms with van der Waals surface area (Å²) < 4.78 is 18.8. The lowest BCUT2D eigenvalue weighted by atomic mass is 10.1. The van der Waals surface area contributed by atoms with Crippen LogP contribution in [0.5, 0.6) is 5.75 Å². The Morgan fingerprint density at radius 2 is 1.83 bits per heavy atom. The maximum absolute atomic E-state index is 13.1. The molecule has 29 heavy (non-hydrogen) atoms. The quantitative estimate of drug-likeness (QED) is 0.565. The monoisotopic (exact) mass is 395 g/mol. The number of hydrogen-bond acceptors (Lipinski definition) is 4. The van der Waals surface area contributed by atoms with E-state index >= 15 is 0 Å². The summed E-state index contributed by atoms with van der Waals surface area (Å²) >= 11 is 0. The van der Waals surface area contributed by atoms with E-state index in [0.717, 1.165) is 5.56 Å². The standard InChI is InChI=1S/C21H18FN3O4/c22-16-6-3-14(4-7-16)13-29-19-8-5-15(11-24-21(27)28)10-18(19)20(26)25-17-2-1-9-23-12-17/h1-10,12,24H,11,13H2,(H,25,26)(H,27,28). The minimum Gasteiger partial charge on any atom is -0.488 e. The average molecular weight is 395 g/mol. The first-order valence-electron chi connectivity index (χ1n) is 8.69. The minimum atomic E-state index is -1.16. The van der Waals surface area contributed by atoms with Gasteiger partial charge in [0.15, 0.2) is 0 Å². The molecule has 0 aliphatic rings. The fourth-order valence-electron chi connectivity index (χ4n) is 2.54. The third-order valence-electron chi connectivity index (χ3n) is 3.96. The Morgan fingerprint density at radius 1 is 1.07 bits per heavy atom. The molecule has 0 radical (unpaired) electrons.